The van der Waals surface area contributed by atoms with E-state index in [1.807, 2.05) is 13.8 Å². The van der Waals surface area contributed by atoms with Gasteiger partial charge in [-0.05, 0) is 96.7 Å². The van der Waals surface area contributed by atoms with Crippen molar-refractivity contribution in [3.05, 3.63) is 11.6 Å². The van der Waals surface area contributed by atoms with E-state index in [1.54, 1.807) is 0 Å². The smallest absolute Gasteiger partial charge is 0.335 e. The highest BCUT2D eigenvalue weighted by Crippen LogP contribution is 2.76. The zero-order valence-corrected chi connectivity index (χ0v) is 34.3. The maximum Gasteiger partial charge on any atom is 0.335 e. The predicted molar refractivity (Wildman–Crippen MR) is 199 cm³/mol. The number of carbonyl (C=O) groups excluding carboxylic acids is 1. The van der Waals surface area contributed by atoms with Gasteiger partial charge in [-0.3, -0.25) is 4.79 Å². The van der Waals surface area contributed by atoms with Crippen molar-refractivity contribution in [1.29, 1.82) is 0 Å². The van der Waals surface area contributed by atoms with Crippen molar-refractivity contribution in [2.75, 3.05) is 6.61 Å². The van der Waals surface area contributed by atoms with Crippen LogP contribution in [0.1, 0.15) is 106 Å². The third-order valence-corrected chi connectivity index (χ3v) is 17.4. The van der Waals surface area contributed by atoms with Crippen LogP contribution in [0.4, 0.5) is 0 Å². The fourth-order valence-corrected chi connectivity index (χ4v) is 13.5. The van der Waals surface area contributed by atoms with Crippen molar-refractivity contribution in [1.82, 2.24) is 0 Å². The summed E-state index contributed by atoms with van der Waals surface area (Å²) in [7, 11) is 0. The van der Waals surface area contributed by atoms with Crippen LogP contribution in [0.5, 0.6) is 0 Å². The van der Waals surface area contributed by atoms with E-state index >= 15 is 0 Å². The minimum absolute atomic E-state index is 0.155. The highest BCUT2D eigenvalue weighted by Gasteiger charge is 2.71. The average molecular weight is 811 g/mol. The normalized spacial score (nSPS) is 52.9. The van der Waals surface area contributed by atoms with Gasteiger partial charge in [-0.2, -0.15) is 0 Å². The minimum atomic E-state index is -1.81. The molecule has 15 heteroatoms. The molecule has 2 aliphatic heterocycles. The van der Waals surface area contributed by atoms with Crippen LogP contribution in [0.2, 0.25) is 0 Å². The van der Waals surface area contributed by atoms with Gasteiger partial charge in [0, 0.05) is 5.92 Å². The van der Waals surface area contributed by atoms with E-state index in [9.17, 15) is 55.5 Å². The molecule has 7 rings (SSSR count). The summed E-state index contributed by atoms with van der Waals surface area (Å²) in [5.74, 6) is -2.32. The lowest BCUT2D eigenvalue weighted by molar-refractivity contribution is -0.324. The number of hydrogen-bond donors (Lipinski definition) is 9. The molecule has 0 amide bonds. The van der Waals surface area contributed by atoms with Crippen LogP contribution in [0.25, 0.3) is 0 Å². The fraction of sp³-hybridized carbons (Fsp3) is 0.905. The molecule has 9 N–H and O–H groups in total. The first-order chi connectivity index (χ1) is 26.4. The summed E-state index contributed by atoms with van der Waals surface area (Å²) in [6.45, 7) is 14.7. The fourth-order valence-electron chi connectivity index (χ4n) is 13.5. The van der Waals surface area contributed by atoms with Gasteiger partial charge in [0.2, 0.25) is 6.29 Å². The second-order valence-electron chi connectivity index (χ2n) is 20.7. The van der Waals surface area contributed by atoms with E-state index in [2.05, 4.69) is 40.7 Å². The third-order valence-electron chi connectivity index (χ3n) is 17.4. The van der Waals surface area contributed by atoms with Gasteiger partial charge >= 0.3 is 11.9 Å². The van der Waals surface area contributed by atoms with E-state index in [4.69, 9.17) is 18.9 Å². The van der Waals surface area contributed by atoms with Gasteiger partial charge in [0.25, 0.3) is 0 Å². The number of esters is 1. The number of carbonyl (C=O) groups is 2. The molecule has 4 saturated carbocycles. The number of ether oxygens (including phenoxy) is 4. The predicted octanol–water partition coefficient (Wildman–Crippen LogP) is 1.38. The first kappa shape index (κ1) is 43.3. The van der Waals surface area contributed by atoms with E-state index in [-0.39, 0.29) is 22.7 Å². The van der Waals surface area contributed by atoms with Crippen LogP contribution < -0.4 is 0 Å². The molecule has 0 bridgehead atoms. The number of carboxylic acid groups (broad SMARTS) is 1. The summed E-state index contributed by atoms with van der Waals surface area (Å²) in [5.41, 5.74) is -1.89. The number of hydrogen-bond acceptors (Lipinski definition) is 14. The van der Waals surface area contributed by atoms with E-state index in [0.717, 1.165) is 24.8 Å². The largest absolute Gasteiger partial charge is 0.479 e. The minimum Gasteiger partial charge on any atom is -0.479 e. The zero-order chi connectivity index (χ0) is 42.0. The zero-order valence-electron chi connectivity index (χ0n) is 34.3. The van der Waals surface area contributed by atoms with Crippen molar-refractivity contribution in [3.8, 4) is 0 Å². The lowest BCUT2D eigenvalue weighted by Gasteiger charge is -2.71. The van der Waals surface area contributed by atoms with Crippen LogP contribution in [-0.2, 0) is 28.5 Å². The second-order valence-corrected chi connectivity index (χ2v) is 20.7. The highest BCUT2D eigenvalue weighted by atomic mass is 16.7. The summed E-state index contributed by atoms with van der Waals surface area (Å²) in [4.78, 5) is 26.4. The number of allylic oxidation sites excluding steroid dienone is 1. The molecule has 15 nitrogen and oxygen atoms in total. The summed E-state index contributed by atoms with van der Waals surface area (Å²) in [6.07, 6.45) is -9.52. The van der Waals surface area contributed by atoms with Crippen molar-refractivity contribution in [2.45, 2.75) is 180 Å². The number of rotatable bonds is 6. The summed E-state index contributed by atoms with van der Waals surface area (Å²) < 4.78 is 23.4. The quantitative estimate of drug-likeness (QED) is 0.104. The molecule has 5 aliphatic carbocycles. The van der Waals surface area contributed by atoms with Gasteiger partial charge in [0.1, 0.15) is 42.7 Å². The van der Waals surface area contributed by atoms with Gasteiger partial charge in [-0.15, -0.1) is 0 Å². The van der Waals surface area contributed by atoms with E-state index < -0.39 is 120 Å². The Labute approximate surface area is 334 Å². The van der Waals surface area contributed by atoms with Crippen LogP contribution in [0.3, 0.4) is 0 Å². The van der Waals surface area contributed by atoms with Gasteiger partial charge in [0.05, 0.1) is 24.2 Å². The summed E-state index contributed by atoms with van der Waals surface area (Å²) in [6, 6.07) is 0. The van der Waals surface area contributed by atoms with Crippen LogP contribution in [0.15, 0.2) is 11.6 Å². The van der Waals surface area contributed by atoms with Crippen molar-refractivity contribution in [2.24, 2.45) is 50.2 Å². The Morgan fingerprint density at radius 1 is 0.737 bits per heavy atom. The summed E-state index contributed by atoms with van der Waals surface area (Å²) >= 11 is 0. The lowest BCUT2D eigenvalue weighted by Crippen LogP contribution is -2.67. The summed E-state index contributed by atoms with van der Waals surface area (Å²) in [5, 5.41) is 94.8. The molecule has 19 atom stereocenters. The van der Waals surface area contributed by atoms with E-state index in [1.165, 1.54) is 0 Å². The highest BCUT2D eigenvalue weighted by molar-refractivity contribution is 5.79. The monoisotopic (exact) mass is 810 g/mol. The van der Waals surface area contributed by atoms with Crippen molar-refractivity contribution >= 4 is 11.9 Å². The molecular weight excluding hydrogens is 744 g/mol. The first-order valence-electron chi connectivity index (χ1n) is 20.9. The second kappa shape index (κ2) is 14.4. The standard InChI is InChI=1S/C42H66O15/c1-37(2)14-16-42(36(53)57-34-29(48)26(45)25(44)20(18-43)54-34)17-15-40(6)19(24(42)32(37)50)8-9-22-39(5)12-11-23(38(3,4)21(39)10-13-41(22,40)7)55-35-30(49)27(46)28(47)31(56-35)33(51)52/h8,20-32,34-35,43-50H,9-18H2,1-7H3,(H,51,52)/t20-,21-,22+,23+,24+,25-,26-,27+,28-,29-,30+,31-,32+,34+,35+,39-,40+,41-,42-/m0/s1. The number of aliphatic hydroxyl groups is 8. The van der Waals surface area contributed by atoms with Gasteiger partial charge in [0.15, 0.2) is 12.4 Å². The van der Waals surface area contributed by atoms with Gasteiger partial charge in [-0.1, -0.05) is 60.1 Å². The number of aliphatic hydroxyl groups excluding tert-OH is 8. The molecule has 324 valence electrons. The van der Waals surface area contributed by atoms with E-state index in [0.29, 0.717) is 38.5 Å². The van der Waals surface area contributed by atoms with Crippen molar-refractivity contribution in [3.63, 3.8) is 0 Å². The molecule has 0 spiro atoms. The van der Waals surface area contributed by atoms with Crippen molar-refractivity contribution < 1.29 is 74.5 Å². The maximum absolute atomic E-state index is 14.6. The third kappa shape index (κ3) is 6.22. The Bertz CT molecular complexity index is 1600. The Balaban J connectivity index is 1.18. The molecule has 0 aromatic heterocycles. The maximum atomic E-state index is 14.6. The lowest BCUT2D eigenvalue weighted by atomic mass is 9.33. The number of aliphatic carboxylic acids is 1. The number of fused-ring (bicyclic) bond motifs is 7. The Kier molecular flexibility index (Phi) is 11.0. The van der Waals surface area contributed by atoms with Gasteiger partial charge in [-0.25, -0.2) is 4.79 Å². The molecule has 0 unspecified atom stereocenters. The molecule has 0 aromatic rings. The SMILES string of the molecule is CC1(C)CC[C@]2(C(=O)O[C@H]3O[C@@H](CO)[C@H](O)[C@H](O)[C@@H]3O)CC[C@]3(C)C(=CC[C@@H]4[C@@]5(C)CC[C@@H](O[C@@H]6O[C@H](C(=O)O)[C@@H](O)[C@@H](O)[C@H]6O)C(C)(C)[C@@H]5CC[C@@]43C)[C@@H]2[C@H]1O. The first-order valence-corrected chi connectivity index (χ1v) is 20.9. The average Bonchev–Trinajstić information content (AvgIpc) is 3.14. The Hall–Kier alpha value is -1.76. The molecule has 7 aliphatic rings. The molecule has 2 heterocycles. The molecule has 0 radical (unpaired) electrons. The van der Waals surface area contributed by atoms with Crippen LogP contribution >= 0.6 is 0 Å². The molecular formula is C42H66O15. The van der Waals surface area contributed by atoms with Crippen LogP contribution in [0, 0.1) is 50.2 Å². The molecule has 0 aromatic carbocycles. The molecule has 57 heavy (non-hydrogen) atoms. The Morgan fingerprint density at radius 2 is 1.37 bits per heavy atom. The topological polar surface area (TPSA) is 253 Å². The molecule has 2 saturated heterocycles. The van der Waals surface area contributed by atoms with Crippen LogP contribution in [-0.4, -0.2) is 138 Å². The van der Waals surface area contributed by atoms with Gasteiger partial charge < -0.3 is 64.9 Å². The molecule has 6 fully saturated rings. The Morgan fingerprint density at radius 3 is 2.02 bits per heavy atom. The number of carboxylic acids is 1.